The number of aromatic nitrogens is 4. The Labute approximate surface area is 186 Å². The molecule has 2 N–H and O–H groups in total. The normalized spacial score (nSPS) is 16.3. The van der Waals surface area contributed by atoms with Crippen molar-refractivity contribution in [1.82, 2.24) is 20.2 Å². The van der Waals surface area contributed by atoms with E-state index < -0.39 is 9.84 Å². The fourth-order valence-electron chi connectivity index (χ4n) is 3.49. The molecule has 0 bridgehead atoms. The van der Waals surface area contributed by atoms with E-state index in [1.54, 1.807) is 29.3 Å². The molecule has 3 aromatic heterocycles. The Morgan fingerprint density at radius 1 is 1.25 bits per heavy atom. The minimum Gasteiger partial charge on any atom is -0.382 e. The number of sulfone groups is 1. The van der Waals surface area contributed by atoms with Gasteiger partial charge in [-0.25, -0.2) is 18.2 Å². The Morgan fingerprint density at radius 2 is 2.09 bits per heavy atom. The van der Waals surface area contributed by atoms with Gasteiger partial charge in [0.1, 0.15) is 0 Å². The van der Waals surface area contributed by atoms with E-state index in [9.17, 15) is 13.2 Å². The predicted octanol–water partition coefficient (Wildman–Crippen LogP) is 2.97. The summed E-state index contributed by atoms with van der Waals surface area (Å²) in [5, 5.41) is 13.8. The van der Waals surface area contributed by atoms with E-state index in [-0.39, 0.29) is 17.0 Å². The number of urea groups is 1. The van der Waals surface area contributed by atoms with E-state index in [4.69, 9.17) is 4.98 Å². The number of pyridine rings is 2. The third kappa shape index (κ3) is 4.67. The summed E-state index contributed by atoms with van der Waals surface area (Å²) in [6, 6.07) is 7.98. The van der Waals surface area contributed by atoms with Crippen LogP contribution in [0, 0.1) is 0 Å². The highest BCUT2D eigenvalue weighted by Crippen LogP contribution is 2.32. The van der Waals surface area contributed by atoms with Crippen molar-refractivity contribution in [1.29, 1.82) is 0 Å². The lowest BCUT2D eigenvalue weighted by atomic mass is 10.1. The monoisotopic (exact) mass is 453 g/mol. The summed E-state index contributed by atoms with van der Waals surface area (Å²) < 4.78 is 23.9. The Kier molecular flexibility index (Phi) is 5.99. The molecule has 0 spiro atoms. The second-order valence-corrected chi connectivity index (χ2v) is 9.59. The number of carbonyl (C=O) groups excluding carboxylic acids is 1. The van der Waals surface area contributed by atoms with Crippen molar-refractivity contribution < 1.29 is 13.2 Å². The molecule has 3 aromatic rings. The van der Waals surface area contributed by atoms with Gasteiger partial charge in [0.25, 0.3) is 0 Å². The summed E-state index contributed by atoms with van der Waals surface area (Å²) in [5.41, 5.74) is 1.76. The van der Waals surface area contributed by atoms with Gasteiger partial charge < -0.3 is 5.32 Å². The number of amides is 2. The number of nitrogens with one attached hydrogen (secondary N) is 2. The highest BCUT2D eigenvalue weighted by molar-refractivity contribution is 7.90. The molecule has 2 amide bonds. The van der Waals surface area contributed by atoms with Gasteiger partial charge in [0.05, 0.1) is 16.3 Å². The zero-order chi connectivity index (χ0) is 22.7. The van der Waals surface area contributed by atoms with Gasteiger partial charge in [0, 0.05) is 43.0 Å². The Bertz CT molecular complexity index is 1240. The molecule has 0 saturated carbocycles. The lowest BCUT2D eigenvalue weighted by molar-refractivity contribution is 0.254. The third-order valence-electron chi connectivity index (χ3n) is 5.12. The molecule has 166 valence electrons. The Morgan fingerprint density at radius 3 is 2.84 bits per heavy atom. The first kappa shape index (κ1) is 21.6. The molecule has 4 heterocycles. The predicted molar refractivity (Wildman–Crippen MR) is 121 cm³/mol. The van der Waals surface area contributed by atoms with Gasteiger partial charge in [-0.3, -0.25) is 15.2 Å². The minimum atomic E-state index is -3.42. The van der Waals surface area contributed by atoms with Gasteiger partial charge in [0.15, 0.2) is 21.5 Å². The smallest absolute Gasteiger partial charge is 0.329 e. The standard InChI is InChI=1S/C21H23N7O3S/c1-14-5-3-9-23-18-8-7-17(15-11-16(13-22-12-15)32(2,30)31)25-20(18)28(14)21(29)26-19-6-4-10-24-27-19/h4,6-8,10-14,23H,3,5,9H2,1-2H3,(H,26,27,29)/t14-/m1/s1. The van der Waals surface area contributed by atoms with Crippen LogP contribution in [-0.4, -0.2) is 53.5 Å². The Balaban J connectivity index is 1.76. The number of carbonyl (C=O) groups is 1. The van der Waals surface area contributed by atoms with Crippen LogP contribution in [0.5, 0.6) is 0 Å². The molecular weight excluding hydrogens is 430 g/mol. The number of nitrogens with zero attached hydrogens (tertiary/aromatic N) is 5. The van der Waals surface area contributed by atoms with Crippen LogP contribution in [0.2, 0.25) is 0 Å². The van der Waals surface area contributed by atoms with Gasteiger partial charge in [-0.1, -0.05) is 0 Å². The molecule has 1 aliphatic heterocycles. The molecule has 1 atom stereocenters. The van der Waals surface area contributed by atoms with E-state index >= 15 is 0 Å². The zero-order valence-corrected chi connectivity index (χ0v) is 18.5. The second kappa shape index (κ2) is 8.87. The van der Waals surface area contributed by atoms with E-state index in [0.717, 1.165) is 25.6 Å². The molecule has 32 heavy (non-hydrogen) atoms. The molecular formula is C21H23N7O3S. The van der Waals surface area contributed by atoms with Crippen LogP contribution in [0.4, 0.5) is 22.1 Å². The first-order valence-electron chi connectivity index (χ1n) is 10.1. The summed E-state index contributed by atoms with van der Waals surface area (Å²) in [6.07, 6.45) is 7.17. The van der Waals surface area contributed by atoms with Crippen molar-refractivity contribution in [2.45, 2.75) is 30.7 Å². The summed E-state index contributed by atoms with van der Waals surface area (Å²) in [7, 11) is -3.42. The van der Waals surface area contributed by atoms with Gasteiger partial charge in [-0.05, 0) is 50.1 Å². The number of hydrogen-bond donors (Lipinski definition) is 2. The van der Waals surface area contributed by atoms with Crippen LogP contribution < -0.4 is 15.5 Å². The number of hydrogen-bond acceptors (Lipinski definition) is 8. The molecule has 0 unspecified atom stereocenters. The van der Waals surface area contributed by atoms with E-state index in [2.05, 4.69) is 25.8 Å². The van der Waals surface area contributed by atoms with Crippen LogP contribution in [0.3, 0.4) is 0 Å². The molecule has 4 rings (SSSR count). The lowest BCUT2D eigenvalue weighted by Gasteiger charge is -2.32. The number of fused-ring (bicyclic) bond motifs is 1. The molecule has 0 fully saturated rings. The van der Waals surface area contributed by atoms with Crippen molar-refractivity contribution in [2.75, 3.05) is 28.3 Å². The van der Waals surface area contributed by atoms with Crippen molar-refractivity contribution in [3.63, 3.8) is 0 Å². The van der Waals surface area contributed by atoms with Gasteiger partial charge in [0.2, 0.25) is 0 Å². The maximum absolute atomic E-state index is 13.2. The topological polar surface area (TPSA) is 130 Å². The molecule has 10 nitrogen and oxygen atoms in total. The van der Waals surface area contributed by atoms with Crippen molar-refractivity contribution in [2.24, 2.45) is 0 Å². The maximum atomic E-state index is 13.2. The van der Waals surface area contributed by atoms with Crippen molar-refractivity contribution in [3.8, 4) is 11.3 Å². The zero-order valence-electron chi connectivity index (χ0n) is 17.7. The van der Waals surface area contributed by atoms with Crippen LogP contribution in [-0.2, 0) is 9.84 Å². The van der Waals surface area contributed by atoms with Crippen LogP contribution >= 0.6 is 0 Å². The molecule has 11 heteroatoms. The molecule has 1 aliphatic rings. The second-order valence-electron chi connectivity index (χ2n) is 7.58. The van der Waals surface area contributed by atoms with E-state index in [1.165, 1.54) is 18.5 Å². The van der Waals surface area contributed by atoms with E-state index in [0.29, 0.717) is 28.6 Å². The van der Waals surface area contributed by atoms with Crippen LogP contribution in [0.25, 0.3) is 11.3 Å². The molecule has 0 aromatic carbocycles. The minimum absolute atomic E-state index is 0.104. The number of anilines is 3. The van der Waals surface area contributed by atoms with Gasteiger partial charge in [-0.15, -0.1) is 5.10 Å². The fourth-order valence-corrected chi connectivity index (χ4v) is 4.08. The van der Waals surface area contributed by atoms with Gasteiger partial charge in [-0.2, -0.15) is 5.10 Å². The summed E-state index contributed by atoms with van der Waals surface area (Å²) in [4.78, 5) is 23.7. The summed E-state index contributed by atoms with van der Waals surface area (Å²) >= 11 is 0. The van der Waals surface area contributed by atoms with Crippen molar-refractivity contribution >= 4 is 33.2 Å². The highest BCUT2D eigenvalue weighted by Gasteiger charge is 2.28. The first-order chi connectivity index (χ1) is 15.3. The summed E-state index contributed by atoms with van der Waals surface area (Å²) in [5.74, 6) is 0.781. The van der Waals surface area contributed by atoms with Crippen molar-refractivity contribution in [3.05, 3.63) is 48.9 Å². The van der Waals surface area contributed by atoms with Crippen LogP contribution in [0.1, 0.15) is 19.8 Å². The number of rotatable bonds is 3. The third-order valence-corrected chi connectivity index (χ3v) is 6.20. The average Bonchev–Trinajstić information content (AvgIpc) is 2.76. The average molecular weight is 454 g/mol. The SMILES string of the molecule is C[C@@H]1CCCNc2ccc(-c3cncc(S(C)(=O)=O)c3)nc2N1C(=O)Nc1cccnn1. The maximum Gasteiger partial charge on any atom is 0.329 e. The highest BCUT2D eigenvalue weighted by atomic mass is 32.2. The van der Waals surface area contributed by atoms with Gasteiger partial charge >= 0.3 is 6.03 Å². The molecule has 0 saturated heterocycles. The van der Waals surface area contributed by atoms with Crippen LogP contribution in [0.15, 0.2) is 53.8 Å². The summed E-state index contributed by atoms with van der Waals surface area (Å²) in [6.45, 7) is 2.72. The lowest BCUT2D eigenvalue weighted by Crippen LogP contribution is -2.43. The quantitative estimate of drug-likeness (QED) is 0.619. The molecule has 0 radical (unpaired) electrons. The largest absolute Gasteiger partial charge is 0.382 e. The molecule has 0 aliphatic carbocycles. The fraction of sp³-hybridized carbons (Fsp3) is 0.286. The van der Waals surface area contributed by atoms with E-state index in [1.807, 2.05) is 13.0 Å². The Hall–Kier alpha value is -3.60. The first-order valence-corrected chi connectivity index (χ1v) is 12.0.